The summed E-state index contributed by atoms with van der Waals surface area (Å²) in [6.45, 7) is 7.31. The van der Waals surface area contributed by atoms with E-state index in [0.717, 1.165) is 6.42 Å². The van der Waals surface area contributed by atoms with Crippen molar-refractivity contribution in [2.75, 3.05) is 12.3 Å². The number of fused-ring (bicyclic) bond motifs is 2. The van der Waals surface area contributed by atoms with Crippen molar-refractivity contribution in [1.82, 2.24) is 10.0 Å². The first kappa shape index (κ1) is 14.8. The lowest BCUT2D eigenvalue weighted by atomic mass is 9.69. The van der Waals surface area contributed by atoms with Gasteiger partial charge >= 0.3 is 0 Å². The van der Waals surface area contributed by atoms with E-state index in [4.69, 9.17) is 0 Å². The van der Waals surface area contributed by atoms with Crippen LogP contribution in [0.1, 0.15) is 52.9 Å². The van der Waals surface area contributed by atoms with Gasteiger partial charge in [0.25, 0.3) is 0 Å². The molecule has 0 radical (unpaired) electrons. The van der Waals surface area contributed by atoms with Crippen LogP contribution in [0.25, 0.3) is 0 Å². The molecule has 0 aromatic heterocycles. The van der Waals surface area contributed by atoms with Gasteiger partial charge in [0.15, 0.2) is 0 Å². The molecule has 5 heteroatoms. The normalized spacial score (nSPS) is 39.4. The fourth-order valence-electron chi connectivity index (χ4n) is 4.52. The molecule has 0 aliphatic heterocycles. The minimum absolute atomic E-state index is 0.0873. The summed E-state index contributed by atoms with van der Waals surface area (Å²) in [7, 11) is -3.18. The molecule has 2 bridgehead atoms. The first-order valence-corrected chi connectivity index (χ1v) is 9.62. The maximum atomic E-state index is 12.3. The summed E-state index contributed by atoms with van der Waals surface area (Å²) >= 11 is 0. The first-order valence-electron chi connectivity index (χ1n) is 7.96. The molecular weight excluding hydrogens is 272 g/mol. The van der Waals surface area contributed by atoms with Crippen LogP contribution in [0.15, 0.2) is 0 Å². The highest BCUT2D eigenvalue weighted by molar-refractivity contribution is 7.89. The van der Waals surface area contributed by atoms with Gasteiger partial charge < -0.3 is 5.32 Å². The summed E-state index contributed by atoms with van der Waals surface area (Å²) in [5, 5.41) is 3.28. The maximum absolute atomic E-state index is 12.3. The summed E-state index contributed by atoms with van der Waals surface area (Å²) in [6.07, 6.45) is 5.98. The van der Waals surface area contributed by atoms with Crippen LogP contribution in [0.5, 0.6) is 0 Å². The van der Waals surface area contributed by atoms with Crippen molar-refractivity contribution in [3.63, 3.8) is 0 Å². The second-order valence-electron chi connectivity index (χ2n) is 8.01. The third kappa shape index (κ3) is 2.64. The Bertz CT molecular complexity index is 479. The molecule has 3 aliphatic rings. The molecule has 0 saturated heterocycles. The minimum atomic E-state index is -3.18. The van der Waals surface area contributed by atoms with E-state index >= 15 is 0 Å². The molecule has 4 nitrogen and oxygen atoms in total. The Hall–Kier alpha value is -0.130. The van der Waals surface area contributed by atoms with E-state index in [1.54, 1.807) is 0 Å². The van der Waals surface area contributed by atoms with Gasteiger partial charge in [-0.15, -0.1) is 0 Å². The van der Waals surface area contributed by atoms with E-state index in [9.17, 15) is 8.42 Å². The number of nitrogens with one attached hydrogen (secondary N) is 2. The summed E-state index contributed by atoms with van der Waals surface area (Å²) < 4.78 is 27.7. The second kappa shape index (κ2) is 4.68. The molecule has 0 heterocycles. The van der Waals surface area contributed by atoms with Crippen molar-refractivity contribution in [3.05, 3.63) is 0 Å². The van der Waals surface area contributed by atoms with Gasteiger partial charge in [0.1, 0.15) is 0 Å². The highest BCUT2D eigenvalue weighted by Gasteiger charge is 2.60. The topological polar surface area (TPSA) is 58.2 Å². The van der Waals surface area contributed by atoms with Gasteiger partial charge in [-0.2, -0.15) is 0 Å². The van der Waals surface area contributed by atoms with Crippen LogP contribution in [-0.2, 0) is 10.0 Å². The molecule has 3 saturated carbocycles. The number of hydrogen-bond acceptors (Lipinski definition) is 3. The van der Waals surface area contributed by atoms with E-state index in [1.807, 2.05) is 0 Å². The van der Waals surface area contributed by atoms with E-state index in [-0.39, 0.29) is 22.6 Å². The number of sulfonamides is 1. The fourth-order valence-corrected chi connectivity index (χ4v) is 5.97. The van der Waals surface area contributed by atoms with Gasteiger partial charge in [0.2, 0.25) is 10.0 Å². The smallest absolute Gasteiger partial charge is 0.213 e. The SMILES string of the molecule is CC12CCC(C1)C(C)(C)C2NS(=O)(=O)CCNC1CC1. The Labute approximate surface area is 123 Å². The van der Waals surface area contributed by atoms with Crippen molar-refractivity contribution in [1.29, 1.82) is 0 Å². The van der Waals surface area contributed by atoms with Crippen LogP contribution in [0.3, 0.4) is 0 Å². The van der Waals surface area contributed by atoms with Crippen LogP contribution in [0.4, 0.5) is 0 Å². The number of rotatable bonds is 6. The molecule has 0 aromatic carbocycles. The van der Waals surface area contributed by atoms with Crippen molar-refractivity contribution in [2.45, 2.75) is 65.0 Å². The van der Waals surface area contributed by atoms with Crippen LogP contribution in [-0.4, -0.2) is 32.8 Å². The fraction of sp³-hybridized carbons (Fsp3) is 1.00. The summed E-state index contributed by atoms with van der Waals surface area (Å²) in [6, 6.07) is 0.668. The molecule has 3 fully saturated rings. The van der Waals surface area contributed by atoms with Gasteiger partial charge in [-0.25, -0.2) is 13.1 Å². The molecule has 3 rings (SSSR count). The predicted molar refractivity (Wildman–Crippen MR) is 81.0 cm³/mol. The molecule has 2 N–H and O–H groups in total. The quantitative estimate of drug-likeness (QED) is 0.787. The van der Waals surface area contributed by atoms with Crippen molar-refractivity contribution in [2.24, 2.45) is 16.7 Å². The Morgan fingerprint density at radius 2 is 1.85 bits per heavy atom. The molecule has 20 heavy (non-hydrogen) atoms. The summed E-state index contributed by atoms with van der Waals surface area (Å²) in [4.78, 5) is 0. The summed E-state index contributed by atoms with van der Waals surface area (Å²) in [5.74, 6) is 0.876. The molecule has 116 valence electrons. The van der Waals surface area contributed by atoms with E-state index < -0.39 is 10.0 Å². The third-order valence-corrected chi connectivity index (χ3v) is 7.28. The zero-order valence-corrected chi connectivity index (χ0v) is 13.7. The van der Waals surface area contributed by atoms with Gasteiger partial charge in [-0.05, 0) is 48.9 Å². The van der Waals surface area contributed by atoms with Crippen molar-refractivity contribution < 1.29 is 8.42 Å². The molecule has 3 aliphatic carbocycles. The highest BCUT2D eigenvalue weighted by atomic mass is 32.2. The molecular formula is C15H28N2O2S. The zero-order chi connectivity index (χ0) is 14.6. The Balaban J connectivity index is 1.63. The average Bonchev–Trinajstić information content (AvgIpc) is 3.02. The van der Waals surface area contributed by atoms with Crippen LogP contribution >= 0.6 is 0 Å². The predicted octanol–water partition coefficient (Wildman–Crippen LogP) is 1.87. The largest absolute Gasteiger partial charge is 0.313 e. The van der Waals surface area contributed by atoms with Gasteiger partial charge in [0, 0.05) is 18.6 Å². The molecule has 3 atom stereocenters. The Kier molecular flexibility index (Phi) is 3.46. The van der Waals surface area contributed by atoms with Crippen molar-refractivity contribution >= 4 is 10.0 Å². The van der Waals surface area contributed by atoms with E-state index in [1.165, 1.54) is 25.7 Å². The summed E-state index contributed by atoms with van der Waals surface area (Å²) in [5.41, 5.74) is 0.245. The van der Waals surface area contributed by atoms with Crippen LogP contribution in [0.2, 0.25) is 0 Å². The molecule has 0 aromatic rings. The third-order valence-electron chi connectivity index (χ3n) is 5.95. The van der Waals surface area contributed by atoms with E-state index in [2.05, 4.69) is 30.8 Å². The first-order chi connectivity index (χ1) is 9.23. The number of hydrogen-bond donors (Lipinski definition) is 2. The lowest BCUT2D eigenvalue weighted by molar-refractivity contribution is 0.127. The lowest BCUT2D eigenvalue weighted by Crippen LogP contribution is -2.53. The molecule has 0 amide bonds. The van der Waals surface area contributed by atoms with Gasteiger partial charge in [-0.1, -0.05) is 20.8 Å². The van der Waals surface area contributed by atoms with Crippen LogP contribution < -0.4 is 10.0 Å². The Morgan fingerprint density at radius 1 is 1.15 bits per heavy atom. The van der Waals surface area contributed by atoms with E-state index in [0.29, 0.717) is 18.5 Å². The van der Waals surface area contributed by atoms with Crippen molar-refractivity contribution in [3.8, 4) is 0 Å². The van der Waals surface area contributed by atoms with Gasteiger partial charge in [0.05, 0.1) is 5.75 Å². The average molecular weight is 300 g/mol. The molecule has 0 spiro atoms. The maximum Gasteiger partial charge on any atom is 0.213 e. The minimum Gasteiger partial charge on any atom is -0.313 e. The Morgan fingerprint density at radius 3 is 2.40 bits per heavy atom. The zero-order valence-electron chi connectivity index (χ0n) is 12.9. The van der Waals surface area contributed by atoms with Crippen LogP contribution in [0, 0.1) is 16.7 Å². The monoisotopic (exact) mass is 300 g/mol. The standard InChI is InChI=1S/C15H28N2O2S/c1-14(2)11-6-7-15(3,10-11)13(14)17-20(18,19)9-8-16-12-4-5-12/h11-13,16-17H,4-10H2,1-3H3. The molecule has 3 unspecified atom stereocenters. The second-order valence-corrected chi connectivity index (χ2v) is 9.89. The highest BCUT2D eigenvalue weighted by Crippen LogP contribution is 2.62. The van der Waals surface area contributed by atoms with Gasteiger partial charge in [-0.3, -0.25) is 0 Å². The lowest BCUT2D eigenvalue weighted by Gasteiger charge is -2.42.